The Kier molecular flexibility index (Phi) is 5.29. The van der Waals surface area contributed by atoms with Crippen molar-refractivity contribution in [2.45, 2.75) is 50.4 Å². The molecule has 1 amide bonds. The van der Waals surface area contributed by atoms with E-state index in [2.05, 4.69) is 5.32 Å². The maximum atomic E-state index is 11.3. The molecule has 0 aromatic heterocycles. The summed E-state index contributed by atoms with van der Waals surface area (Å²) in [5, 5.41) is 40.1. The van der Waals surface area contributed by atoms with Gasteiger partial charge in [0.15, 0.2) is 6.29 Å². The molecule has 0 spiro atoms. The summed E-state index contributed by atoms with van der Waals surface area (Å²) in [7, 11) is 0. The standard InChI is InChI=1S/C10H19NO6/c1-2-3-6(13)11-7-9(15)8(14)5(4-12)17-10(7)16/h5,7-10,12,14-16H,2-4H2,1H3,(H,11,13)/t5-,7+,8+,9+,10-/m0/s1. The third-order valence-electron chi connectivity index (χ3n) is 2.70. The quantitative estimate of drug-likeness (QED) is 0.382. The molecule has 0 saturated carbocycles. The molecular formula is C10H19NO6. The SMILES string of the molecule is CCCC(=O)N[C@@H]1[C@@H](O)[C@H](O)[C@H](CO)O[C@@H]1O. The van der Waals surface area contributed by atoms with Gasteiger partial charge in [-0.1, -0.05) is 6.92 Å². The number of aliphatic hydroxyl groups excluding tert-OH is 4. The second-order valence-electron chi connectivity index (χ2n) is 4.07. The summed E-state index contributed by atoms with van der Waals surface area (Å²) in [6.45, 7) is 1.30. The van der Waals surface area contributed by atoms with E-state index >= 15 is 0 Å². The molecule has 17 heavy (non-hydrogen) atoms. The fraction of sp³-hybridized carbons (Fsp3) is 0.900. The molecule has 0 aliphatic carbocycles. The van der Waals surface area contributed by atoms with Gasteiger partial charge in [0.2, 0.25) is 5.91 Å². The summed E-state index contributed by atoms with van der Waals surface area (Å²) in [6.07, 6.45) is -4.35. The van der Waals surface area contributed by atoms with Gasteiger partial charge in [0.05, 0.1) is 6.61 Å². The van der Waals surface area contributed by atoms with E-state index in [1.54, 1.807) is 0 Å². The molecule has 1 heterocycles. The molecule has 0 bridgehead atoms. The molecule has 1 rings (SSSR count). The number of rotatable bonds is 4. The van der Waals surface area contributed by atoms with Crippen LogP contribution in [0.4, 0.5) is 0 Å². The van der Waals surface area contributed by atoms with E-state index in [-0.39, 0.29) is 12.3 Å². The van der Waals surface area contributed by atoms with Crippen LogP contribution in [0, 0.1) is 0 Å². The lowest BCUT2D eigenvalue weighted by Crippen LogP contribution is -2.64. The Hall–Kier alpha value is -0.730. The molecule has 0 aromatic carbocycles. The van der Waals surface area contributed by atoms with E-state index in [0.717, 1.165) is 0 Å². The average molecular weight is 249 g/mol. The van der Waals surface area contributed by atoms with Crippen molar-refractivity contribution in [1.82, 2.24) is 5.32 Å². The highest BCUT2D eigenvalue weighted by Crippen LogP contribution is 2.19. The predicted molar refractivity (Wildman–Crippen MR) is 56.8 cm³/mol. The summed E-state index contributed by atoms with van der Waals surface area (Å²) in [6, 6.07) is -1.09. The molecule has 100 valence electrons. The molecular weight excluding hydrogens is 230 g/mol. The average Bonchev–Trinajstić information content (AvgIpc) is 2.29. The number of ether oxygens (including phenoxy) is 1. The Labute approximate surface area is 99.0 Å². The predicted octanol–water partition coefficient (Wildman–Crippen LogP) is -2.30. The third kappa shape index (κ3) is 3.36. The van der Waals surface area contributed by atoms with Crippen LogP contribution in [0.25, 0.3) is 0 Å². The zero-order valence-electron chi connectivity index (χ0n) is 9.61. The van der Waals surface area contributed by atoms with Crippen molar-refractivity contribution in [3.63, 3.8) is 0 Å². The first kappa shape index (κ1) is 14.3. The van der Waals surface area contributed by atoms with Crippen LogP contribution in [0.1, 0.15) is 19.8 Å². The molecule has 1 aliphatic rings. The molecule has 5 N–H and O–H groups in total. The van der Waals surface area contributed by atoms with Crippen molar-refractivity contribution < 1.29 is 30.0 Å². The van der Waals surface area contributed by atoms with Crippen LogP contribution in [-0.4, -0.2) is 63.6 Å². The zero-order chi connectivity index (χ0) is 13.0. The summed E-state index contributed by atoms with van der Waals surface area (Å²) in [4.78, 5) is 11.3. The topological polar surface area (TPSA) is 119 Å². The first-order chi connectivity index (χ1) is 8.01. The molecule has 7 heteroatoms. The lowest BCUT2D eigenvalue weighted by molar-refractivity contribution is -0.253. The largest absolute Gasteiger partial charge is 0.394 e. The van der Waals surface area contributed by atoms with Gasteiger partial charge in [-0.3, -0.25) is 4.79 Å². The van der Waals surface area contributed by atoms with Crippen molar-refractivity contribution in [1.29, 1.82) is 0 Å². The minimum absolute atomic E-state index is 0.259. The van der Waals surface area contributed by atoms with Crippen molar-refractivity contribution in [3.05, 3.63) is 0 Å². The van der Waals surface area contributed by atoms with E-state index in [1.165, 1.54) is 0 Å². The van der Waals surface area contributed by atoms with Crippen molar-refractivity contribution in [2.24, 2.45) is 0 Å². The smallest absolute Gasteiger partial charge is 0.220 e. The van der Waals surface area contributed by atoms with Gasteiger partial charge in [0.1, 0.15) is 24.4 Å². The Morgan fingerprint density at radius 1 is 1.29 bits per heavy atom. The maximum Gasteiger partial charge on any atom is 0.220 e. The van der Waals surface area contributed by atoms with Gasteiger partial charge < -0.3 is 30.5 Å². The van der Waals surface area contributed by atoms with Gasteiger partial charge in [-0.25, -0.2) is 0 Å². The summed E-state index contributed by atoms with van der Waals surface area (Å²) >= 11 is 0. The molecule has 5 atom stereocenters. The highest BCUT2D eigenvalue weighted by molar-refractivity contribution is 5.76. The second kappa shape index (κ2) is 6.27. The number of hydrogen-bond donors (Lipinski definition) is 5. The van der Waals surface area contributed by atoms with Crippen LogP contribution in [0.2, 0.25) is 0 Å². The number of amides is 1. The van der Waals surface area contributed by atoms with Crippen LogP contribution >= 0.6 is 0 Å². The highest BCUT2D eigenvalue weighted by atomic mass is 16.6. The van der Waals surface area contributed by atoms with Gasteiger partial charge in [-0.2, -0.15) is 0 Å². The second-order valence-corrected chi connectivity index (χ2v) is 4.07. The van der Waals surface area contributed by atoms with Crippen molar-refractivity contribution >= 4 is 5.91 Å². The van der Waals surface area contributed by atoms with Gasteiger partial charge >= 0.3 is 0 Å². The highest BCUT2D eigenvalue weighted by Gasteiger charge is 2.44. The Balaban J connectivity index is 2.63. The van der Waals surface area contributed by atoms with Crippen LogP contribution in [-0.2, 0) is 9.53 Å². The van der Waals surface area contributed by atoms with E-state index < -0.39 is 37.3 Å². The first-order valence-corrected chi connectivity index (χ1v) is 5.61. The maximum absolute atomic E-state index is 11.3. The Morgan fingerprint density at radius 2 is 1.94 bits per heavy atom. The lowest BCUT2D eigenvalue weighted by Gasteiger charge is -2.40. The normalized spacial score (nSPS) is 37.8. The molecule has 0 aromatic rings. The number of nitrogens with one attached hydrogen (secondary N) is 1. The van der Waals surface area contributed by atoms with Crippen molar-refractivity contribution in [2.75, 3.05) is 6.61 Å². The first-order valence-electron chi connectivity index (χ1n) is 5.61. The van der Waals surface area contributed by atoms with Crippen LogP contribution < -0.4 is 5.32 Å². The van der Waals surface area contributed by atoms with Crippen LogP contribution in [0.5, 0.6) is 0 Å². The van der Waals surface area contributed by atoms with E-state index in [1.807, 2.05) is 6.92 Å². The number of carbonyl (C=O) groups excluding carboxylic acids is 1. The number of aliphatic hydroxyl groups is 4. The van der Waals surface area contributed by atoms with Gasteiger partial charge in [-0.15, -0.1) is 0 Å². The van der Waals surface area contributed by atoms with Gasteiger partial charge in [-0.05, 0) is 6.42 Å². The van der Waals surface area contributed by atoms with Crippen LogP contribution in [0.3, 0.4) is 0 Å². The van der Waals surface area contributed by atoms with Crippen molar-refractivity contribution in [3.8, 4) is 0 Å². The Morgan fingerprint density at radius 3 is 2.47 bits per heavy atom. The molecule has 1 saturated heterocycles. The molecule has 1 aliphatic heterocycles. The minimum atomic E-state index is -1.45. The molecule has 7 nitrogen and oxygen atoms in total. The Bertz CT molecular complexity index is 261. The monoisotopic (exact) mass is 249 g/mol. The summed E-state index contributed by atoms with van der Waals surface area (Å²) in [5.74, 6) is -0.339. The number of carbonyl (C=O) groups is 1. The fourth-order valence-electron chi connectivity index (χ4n) is 1.74. The molecule has 0 radical (unpaired) electrons. The summed E-state index contributed by atoms with van der Waals surface area (Å²) < 4.78 is 4.89. The summed E-state index contributed by atoms with van der Waals surface area (Å²) in [5.41, 5.74) is 0. The fourth-order valence-corrected chi connectivity index (χ4v) is 1.74. The van der Waals surface area contributed by atoms with E-state index in [4.69, 9.17) is 9.84 Å². The number of hydrogen-bond acceptors (Lipinski definition) is 6. The minimum Gasteiger partial charge on any atom is -0.394 e. The van der Waals surface area contributed by atoms with Gasteiger partial charge in [0.25, 0.3) is 0 Å². The lowest BCUT2D eigenvalue weighted by atomic mass is 9.97. The zero-order valence-corrected chi connectivity index (χ0v) is 9.61. The molecule has 0 unspecified atom stereocenters. The molecule has 1 fully saturated rings. The van der Waals surface area contributed by atoms with E-state index in [9.17, 15) is 20.1 Å². The van der Waals surface area contributed by atoms with Gasteiger partial charge in [0, 0.05) is 6.42 Å². The van der Waals surface area contributed by atoms with Crippen LogP contribution in [0.15, 0.2) is 0 Å². The van der Waals surface area contributed by atoms with E-state index in [0.29, 0.717) is 6.42 Å². The third-order valence-corrected chi connectivity index (χ3v) is 2.70.